The summed E-state index contributed by atoms with van der Waals surface area (Å²) in [6, 6.07) is 0. The lowest BCUT2D eigenvalue weighted by molar-refractivity contribution is -0.219. The van der Waals surface area contributed by atoms with E-state index in [-0.39, 0.29) is 93.1 Å². The van der Waals surface area contributed by atoms with Gasteiger partial charge in [-0.1, -0.05) is 0 Å². The minimum absolute atomic E-state index is 0.0404. The largest absolute Gasteiger partial charge is 0.358 e. The molecule has 0 radical (unpaired) electrons. The van der Waals surface area contributed by atoms with Crippen molar-refractivity contribution in [2.45, 2.75) is 258 Å². The number of carbonyl (C=O) groups excluding carboxylic acids is 5. The van der Waals surface area contributed by atoms with Crippen LogP contribution < -0.4 is 0 Å². The van der Waals surface area contributed by atoms with E-state index in [4.69, 9.17) is 23.1 Å². The maximum Gasteiger partial charge on any atom is 0.358 e. The fourth-order valence-electron chi connectivity index (χ4n) is 14.3. The number of ketones is 5. The van der Waals surface area contributed by atoms with Gasteiger partial charge >= 0.3 is 38.0 Å². The van der Waals surface area contributed by atoms with Crippen molar-refractivity contribution in [1.82, 2.24) is 40.0 Å². The molecule has 5 saturated heterocycles. The highest BCUT2D eigenvalue weighted by Crippen LogP contribution is 2.57. The van der Waals surface area contributed by atoms with Gasteiger partial charge in [-0.3, -0.25) is 61.5 Å². The molecule has 0 saturated carbocycles. The minimum Gasteiger partial charge on any atom is -0.322 e. The summed E-state index contributed by atoms with van der Waals surface area (Å²) in [5, 5.41) is 6.38. The number of carbonyl (C=O) groups is 5. The summed E-state index contributed by atoms with van der Waals surface area (Å²) >= 11 is 0. The van der Waals surface area contributed by atoms with Gasteiger partial charge in [-0.05, 0) is 138 Å². The van der Waals surface area contributed by atoms with E-state index in [1.165, 1.54) is 30.2 Å². The normalized spacial score (nSPS) is 28.4. The molecular formula is C54H103N8O20P5. The number of hydroxylamine groups is 10. The van der Waals surface area contributed by atoms with Crippen LogP contribution in [0, 0.1) is 0 Å². The van der Waals surface area contributed by atoms with Gasteiger partial charge in [0.2, 0.25) is 0 Å². The molecule has 5 fully saturated rings. The van der Waals surface area contributed by atoms with Gasteiger partial charge < -0.3 is 24.5 Å². The molecule has 5 heterocycles. The third-order valence-electron chi connectivity index (χ3n) is 16.2. The zero-order chi connectivity index (χ0) is 67.0. The van der Waals surface area contributed by atoms with Gasteiger partial charge in [-0.15, -0.1) is 0 Å². The molecule has 0 amide bonds. The van der Waals surface area contributed by atoms with Crippen molar-refractivity contribution in [3.63, 3.8) is 0 Å². The zero-order valence-electron chi connectivity index (χ0n) is 55.1. The van der Waals surface area contributed by atoms with Crippen molar-refractivity contribution in [3.05, 3.63) is 0 Å². The van der Waals surface area contributed by atoms with Crippen molar-refractivity contribution in [2.24, 2.45) is 0 Å². The van der Waals surface area contributed by atoms with Crippen LogP contribution in [0.1, 0.15) is 203 Å². The monoisotopic (exact) mass is 1340 g/mol. The molecule has 5 unspecified atom stereocenters. The Hall–Kier alpha value is -1.22. The number of hydrogen-bond acceptors (Lipinski definition) is 23. The van der Waals surface area contributed by atoms with Gasteiger partial charge in [0, 0.05) is 146 Å². The fourth-order valence-corrected chi connectivity index (χ4v) is 22.1. The average molecular weight is 1340 g/mol. The standard InChI is InChI=1S/C54H103N8O20P5/c1-45(2)25-40(63)26-46(3,4)58(45)78-83(68,69)35-55(21-23-56(36-84(70,71)79-59-47(5,6)27-41(64)28-48(59,7)8)37-85(72,73)80-60-49(9,10)29-42(65)30-50(60,11)12)22-24-57(38-86(74,75)81-61-51(13,14)31-43(66)32-52(61,15)16)39-87(76,77)82-62-53(17,18)33-44(67)34-54(62,19)20/h21-39H2,1-20H3,(H,68,69)(H,70,71)(H,72,73)(H,74,75)(H,76,77). The summed E-state index contributed by atoms with van der Waals surface area (Å²) in [6.07, 6.45) is -5.18. The Bertz CT molecular complexity index is 2480. The molecule has 0 spiro atoms. The maximum atomic E-state index is 14.8. The van der Waals surface area contributed by atoms with Gasteiger partial charge in [-0.25, -0.2) is 23.1 Å². The van der Waals surface area contributed by atoms with Gasteiger partial charge in [0.1, 0.15) is 60.3 Å². The topological polar surface area (TPSA) is 344 Å². The second kappa shape index (κ2) is 25.8. The summed E-state index contributed by atoms with van der Waals surface area (Å²) in [7, 11) is -24.9. The number of Topliss-reactive ketones (excluding diaryl/α,β-unsaturated/α-hetero) is 5. The smallest absolute Gasteiger partial charge is 0.322 e. The van der Waals surface area contributed by atoms with E-state index in [9.17, 15) is 71.3 Å². The molecule has 87 heavy (non-hydrogen) atoms. The molecule has 0 aromatic carbocycles. The Morgan fingerprint density at radius 3 is 0.529 bits per heavy atom. The third-order valence-corrected chi connectivity index (χ3v) is 22.1. The molecule has 504 valence electrons. The highest BCUT2D eigenvalue weighted by Gasteiger charge is 2.55. The summed E-state index contributed by atoms with van der Waals surface area (Å²) in [4.78, 5) is 128. The Morgan fingerprint density at radius 2 is 0.391 bits per heavy atom. The number of hydrogen-bond donors (Lipinski definition) is 5. The lowest BCUT2D eigenvalue weighted by atomic mass is 9.81. The number of piperidine rings is 5. The quantitative estimate of drug-likeness (QED) is 0.0507. The van der Waals surface area contributed by atoms with Crippen LogP contribution in [-0.2, 0) is 69.9 Å². The predicted octanol–water partition coefficient (Wildman–Crippen LogP) is 8.38. The molecule has 5 atom stereocenters. The zero-order valence-corrected chi connectivity index (χ0v) is 59.6. The Labute approximate surface area is 515 Å². The van der Waals surface area contributed by atoms with E-state index >= 15 is 0 Å². The van der Waals surface area contributed by atoms with Crippen molar-refractivity contribution in [1.29, 1.82) is 0 Å². The number of nitrogens with zero attached hydrogens (tertiary/aromatic N) is 8. The molecule has 33 heteroatoms. The van der Waals surface area contributed by atoms with Crippen LogP contribution in [0.3, 0.4) is 0 Å². The van der Waals surface area contributed by atoms with Crippen molar-refractivity contribution < 1.29 is 94.4 Å². The summed E-state index contributed by atoms with van der Waals surface area (Å²) in [5.74, 6) is -0.575. The van der Waals surface area contributed by atoms with Crippen molar-refractivity contribution in [2.75, 3.05) is 57.6 Å². The van der Waals surface area contributed by atoms with Crippen molar-refractivity contribution >= 4 is 66.9 Å². The molecule has 5 aliphatic rings. The predicted molar refractivity (Wildman–Crippen MR) is 325 cm³/mol. The maximum absolute atomic E-state index is 14.8. The second-order valence-electron chi connectivity index (χ2n) is 31.3. The van der Waals surface area contributed by atoms with Crippen LogP contribution in [0.25, 0.3) is 0 Å². The van der Waals surface area contributed by atoms with Gasteiger partial charge in [0.05, 0.1) is 0 Å². The lowest BCUT2D eigenvalue weighted by Crippen LogP contribution is -2.60. The van der Waals surface area contributed by atoms with E-state index in [1.54, 1.807) is 138 Å². The summed E-state index contributed by atoms with van der Waals surface area (Å²) in [6.45, 7) is 31.3. The van der Waals surface area contributed by atoms with Crippen LogP contribution in [-0.4, -0.2) is 206 Å². The molecule has 0 bridgehead atoms. The van der Waals surface area contributed by atoms with E-state index in [0.717, 1.165) is 9.80 Å². The van der Waals surface area contributed by atoms with E-state index in [1.807, 2.05) is 0 Å². The van der Waals surface area contributed by atoms with Crippen LogP contribution in [0.5, 0.6) is 0 Å². The summed E-state index contributed by atoms with van der Waals surface area (Å²) in [5.41, 5.74) is -11.1. The Morgan fingerprint density at radius 1 is 0.276 bits per heavy atom. The first-order valence-corrected chi connectivity index (χ1v) is 38.3. The first kappa shape index (κ1) is 76.5. The van der Waals surface area contributed by atoms with Gasteiger partial charge in [0.25, 0.3) is 0 Å². The highest BCUT2D eigenvalue weighted by molar-refractivity contribution is 7.54. The Kier molecular flexibility index (Phi) is 22.7. The van der Waals surface area contributed by atoms with Crippen LogP contribution in [0.15, 0.2) is 0 Å². The molecule has 5 aliphatic heterocycles. The molecule has 0 aromatic heterocycles. The SMILES string of the molecule is CC1(C)CC(=O)CC(C)(C)N1OP(=O)(O)CN(CCN(CP(=O)(O)ON1C(C)(C)CC(=O)CC1(C)C)CP(=O)(O)ON1C(C)(C)CC(=O)CC1(C)C)CCN(CP(=O)(O)ON1C(C)(C)CC(=O)CC1(C)C)CP(=O)(O)ON1C(C)(C)CC(=O)CC1(C)C. The third kappa shape index (κ3) is 20.4. The van der Waals surface area contributed by atoms with Crippen molar-refractivity contribution in [3.8, 4) is 0 Å². The molecule has 5 N–H and O–H groups in total. The molecule has 0 aromatic rings. The van der Waals surface area contributed by atoms with Crippen LogP contribution in [0.4, 0.5) is 0 Å². The first-order chi connectivity index (χ1) is 38.6. The number of rotatable bonds is 26. The van der Waals surface area contributed by atoms with Crippen LogP contribution >= 0.6 is 38.0 Å². The average Bonchev–Trinajstić information content (AvgIpc) is 1.53. The van der Waals surface area contributed by atoms with E-state index < -0.39 is 151 Å². The summed E-state index contributed by atoms with van der Waals surface area (Å²) < 4.78 is 103. The highest BCUT2D eigenvalue weighted by atomic mass is 31.2. The van der Waals surface area contributed by atoms with E-state index in [0.29, 0.717) is 0 Å². The molecule has 28 nitrogen and oxygen atoms in total. The minimum atomic E-state index is -4.98. The second-order valence-corrected chi connectivity index (χ2v) is 39.9. The Balaban J connectivity index is 1.60. The molecule has 0 aliphatic carbocycles. The lowest BCUT2D eigenvalue weighted by Gasteiger charge is -2.51. The fraction of sp³-hybridized carbons (Fsp3) is 0.907. The van der Waals surface area contributed by atoms with Crippen LogP contribution in [0.2, 0.25) is 0 Å². The first-order valence-electron chi connectivity index (χ1n) is 29.5. The molecule has 5 rings (SSSR count). The van der Waals surface area contributed by atoms with E-state index in [2.05, 4.69) is 0 Å². The van der Waals surface area contributed by atoms with Gasteiger partial charge in [0.15, 0.2) is 0 Å². The van der Waals surface area contributed by atoms with Gasteiger partial charge in [-0.2, -0.15) is 25.3 Å². The molecular weight excluding hydrogens is 1240 g/mol.